The number of hydrogen-bond donors (Lipinski definition) is 0. The first kappa shape index (κ1) is 31.9. The van der Waals surface area contributed by atoms with Crippen molar-refractivity contribution in [3.8, 4) is 11.6 Å². The fourth-order valence-corrected chi connectivity index (χ4v) is 3.32. The molecule has 0 unspecified atom stereocenters. The van der Waals surface area contributed by atoms with Gasteiger partial charge in [0.1, 0.15) is 11.3 Å². The van der Waals surface area contributed by atoms with Gasteiger partial charge in [-0.2, -0.15) is 36.5 Å². The Labute approximate surface area is 233 Å². The van der Waals surface area contributed by atoms with E-state index in [4.69, 9.17) is 9.47 Å². The second-order valence-corrected chi connectivity index (χ2v) is 8.19. The van der Waals surface area contributed by atoms with Gasteiger partial charge in [0.05, 0.1) is 42.7 Å². The van der Waals surface area contributed by atoms with Crippen molar-refractivity contribution in [3.63, 3.8) is 0 Å². The molecule has 17 heteroatoms. The maximum atomic E-state index is 12.5. The van der Waals surface area contributed by atoms with E-state index in [1.165, 1.54) is 49.2 Å². The van der Waals surface area contributed by atoms with Crippen LogP contribution in [0.3, 0.4) is 0 Å². The average molecular weight is 600 g/mol. The molecule has 4 aromatic heterocycles. The predicted octanol–water partition coefficient (Wildman–Crippen LogP) is 4.46. The molecule has 0 saturated heterocycles. The van der Waals surface area contributed by atoms with Gasteiger partial charge in [-0.25, -0.2) is 24.1 Å². The zero-order valence-corrected chi connectivity index (χ0v) is 22.1. The Balaban J connectivity index is 0.000000231. The van der Waals surface area contributed by atoms with Gasteiger partial charge < -0.3 is 14.2 Å². The summed E-state index contributed by atoms with van der Waals surface area (Å²) in [5.74, 6) is -0.297. The summed E-state index contributed by atoms with van der Waals surface area (Å²) in [6.07, 6.45) is -4.17. The highest BCUT2D eigenvalue weighted by atomic mass is 19.4. The predicted molar refractivity (Wildman–Crippen MR) is 131 cm³/mol. The summed E-state index contributed by atoms with van der Waals surface area (Å²) >= 11 is 0. The van der Waals surface area contributed by atoms with Gasteiger partial charge in [-0.3, -0.25) is 4.79 Å². The highest BCUT2D eigenvalue weighted by Crippen LogP contribution is 2.29. The number of aromatic nitrogens is 6. The Morgan fingerprint density at radius 1 is 0.786 bits per heavy atom. The van der Waals surface area contributed by atoms with Crippen molar-refractivity contribution in [3.05, 3.63) is 82.7 Å². The number of alkyl halides is 6. The van der Waals surface area contributed by atoms with Crippen LogP contribution in [0.4, 0.5) is 26.3 Å². The van der Waals surface area contributed by atoms with E-state index in [9.17, 15) is 35.9 Å². The number of esters is 1. The second-order valence-electron chi connectivity index (χ2n) is 8.19. The van der Waals surface area contributed by atoms with Gasteiger partial charge in [0.15, 0.2) is 17.9 Å². The number of carbonyl (C=O) groups excluding carboxylic acids is 2. The molecule has 4 heterocycles. The standard InChI is InChI=1S/C13H12F3N3O3.C12H10F3N3O2/c1-21-7-10-9(12(20)22-2)6-19(18-10)11-4-3-8(5-17-11)13(14,15)16;1-20-7-10-8(6-19)5-18(17-10)11-3-2-9(4-16-11)12(13,14)15/h3-6H,7H2,1-2H3;2-6H,7H2,1H3. The summed E-state index contributed by atoms with van der Waals surface area (Å²) in [5.41, 5.74) is -0.560. The molecule has 0 N–H and O–H groups in total. The molecule has 4 rings (SSSR count). The van der Waals surface area contributed by atoms with Crippen molar-refractivity contribution in [2.24, 2.45) is 0 Å². The molecule has 0 fully saturated rings. The molecule has 0 aromatic carbocycles. The molecule has 0 bridgehead atoms. The van der Waals surface area contributed by atoms with Crippen LogP contribution in [-0.4, -0.2) is 63.1 Å². The highest BCUT2D eigenvalue weighted by Gasteiger charge is 2.31. The first-order chi connectivity index (χ1) is 19.8. The quantitative estimate of drug-likeness (QED) is 0.164. The number of ether oxygens (including phenoxy) is 3. The van der Waals surface area contributed by atoms with Crippen LogP contribution in [0.2, 0.25) is 0 Å². The molecule has 0 aliphatic carbocycles. The van der Waals surface area contributed by atoms with Gasteiger partial charge in [0.2, 0.25) is 0 Å². The lowest BCUT2D eigenvalue weighted by Crippen LogP contribution is -2.07. The molecule has 0 atom stereocenters. The molecule has 0 aliphatic heterocycles. The average Bonchev–Trinajstić information content (AvgIpc) is 3.57. The molecular weight excluding hydrogens is 578 g/mol. The lowest BCUT2D eigenvalue weighted by molar-refractivity contribution is -0.138. The fraction of sp³-hybridized carbons (Fsp3) is 0.280. The Bertz CT molecular complexity index is 1500. The van der Waals surface area contributed by atoms with E-state index >= 15 is 0 Å². The number of methoxy groups -OCH3 is 3. The maximum Gasteiger partial charge on any atom is 0.417 e. The topological polar surface area (TPSA) is 123 Å². The van der Waals surface area contributed by atoms with E-state index in [-0.39, 0.29) is 30.4 Å². The van der Waals surface area contributed by atoms with Crippen molar-refractivity contribution in [2.45, 2.75) is 25.6 Å². The normalized spacial score (nSPS) is 11.5. The number of nitrogens with zero attached hydrogens (tertiary/aromatic N) is 6. The third-order valence-electron chi connectivity index (χ3n) is 5.33. The van der Waals surface area contributed by atoms with E-state index in [0.29, 0.717) is 35.6 Å². The zero-order chi connectivity index (χ0) is 31.1. The van der Waals surface area contributed by atoms with Crippen molar-refractivity contribution >= 4 is 12.3 Å². The van der Waals surface area contributed by atoms with Crippen molar-refractivity contribution in [1.29, 1.82) is 0 Å². The largest absolute Gasteiger partial charge is 0.465 e. The smallest absolute Gasteiger partial charge is 0.417 e. The molecule has 0 radical (unpaired) electrons. The van der Waals surface area contributed by atoms with Crippen LogP contribution >= 0.6 is 0 Å². The molecule has 42 heavy (non-hydrogen) atoms. The second kappa shape index (κ2) is 13.3. The summed E-state index contributed by atoms with van der Waals surface area (Å²) in [7, 11) is 4.09. The SMILES string of the molecule is COCc1nn(-c2ccc(C(F)(F)F)cn2)cc1C(=O)OC.COCc1nn(-c2ccc(C(F)(F)F)cn2)cc1C=O. The molecule has 0 saturated carbocycles. The summed E-state index contributed by atoms with van der Waals surface area (Å²) in [5, 5.41) is 8.13. The van der Waals surface area contributed by atoms with Gasteiger partial charge >= 0.3 is 18.3 Å². The van der Waals surface area contributed by atoms with Crippen molar-refractivity contribution in [1.82, 2.24) is 29.5 Å². The number of pyridine rings is 2. The maximum absolute atomic E-state index is 12.5. The van der Waals surface area contributed by atoms with Gasteiger partial charge in [0.25, 0.3) is 0 Å². The minimum atomic E-state index is -4.46. The summed E-state index contributed by atoms with van der Waals surface area (Å²) in [4.78, 5) is 29.9. The molecule has 0 aliphatic rings. The third kappa shape index (κ3) is 7.76. The summed E-state index contributed by atoms with van der Waals surface area (Å²) in [6.45, 7) is 0.180. The lowest BCUT2D eigenvalue weighted by Gasteiger charge is -2.06. The highest BCUT2D eigenvalue weighted by molar-refractivity contribution is 5.90. The van der Waals surface area contributed by atoms with E-state index in [2.05, 4.69) is 24.9 Å². The Morgan fingerprint density at radius 3 is 1.67 bits per heavy atom. The van der Waals surface area contributed by atoms with Crippen molar-refractivity contribution < 1.29 is 50.1 Å². The van der Waals surface area contributed by atoms with E-state index in [1.807, 2.05) is 0 Å². The number of carbonyl (C=O) groups is 2. The van der Waals surface area contributed by atoms with E-state index in [0.717, 1.165) is 18.2 Å². The molecule has 4 aromatic rings. The Kier molecular flexibility index (Phi) is 10.1. The van der Waals surface area contributed by atoms with Crippen LogP contribution < -0.4 is 0 Å². The molecule has 0 spiro atoms. The molecular formula is C25H22F6N6O5. The summed E-state index contributed by atoms with van der Waals surface area (Å²) < 4.78 is 91.6. The minimum absolute atomic E-state index is 0.0536. The van der Waals surface area contributed by atoms with Crippen LogP contribution in [0.5, 0.6) is 0 Å². The number of rotatable bonds is 8. The Hall–Kier alpha value is -4.64. The van der Waals surface area contributed by atoms with Crippen LogP contribution in [0.1, 0.15) is 43.2 Å². The van der Waals surface area contributed by atoms with E-state index in [1.54, 1.807) is 0 Å². The number of halogens is 6. The summed E-state index contributed by atoms with van der Waals surface area (Å²) in [6, 6.07) is 4.13. The number of hydrogen-bond acceptors (Lipinski definition) is 9. The van der Waals surface area contributed by atoms with Crippen molar-refractivity contribution in [2.75, 3.05) is 21.3 Å². The minimum Gasteiger partial charge on any atom is -0.465 e. The van der Waals surface area contributed by atoms with Crippen LogP contribution in [-0.2, 0) is 39.8 Å². The monoisotopic (exact) mass is 600 g/mol. The molecule has 224 valence electrons. The van der Waals surface area contributed by atoms with Gasteiger partial charge in [0, 0.05) is 39.0 Å². The number of aldehydes is 1. The first-order valence-electron chi connectivity index (χ1n) is 11.6. The van der Waals surface area contributed by atoms with Crippen LogP contribution in [0.25, 0.3) is 11.6 Å². The lowest BCUT2D eigenvalue weighted by atomic mass is 10.2. The van der Waals surface area contributed by atoms with Gasteiger partial charge in [-0.05, 0) is 24.3 Å². The van der Waals surface area contributed by atoms with E-state index < -0.39 is 29.4 Å². The third-order valence-corrected chi connectivity index (χ3v) is 5.33. The fourth-order valence-electron chi connectivity index (χ4n) is 3.32. The molecule has 11 nitrogen and oxygen atoms in total. The first-order valence-corrected chi connectivity index (χ1v) is 11.6. The van der Waals surface area contributed by atoms with Crippen LogP contribution in [0, 0.1) is 0 Å². The van der Waals surface area contributed by atoms with Gasteiger partial charge in [-0.1, -0.05) is 0 Å². The van der Waals surface area contributed by atoms with Crippen LogP contribution in [0.15, 0.2) is 49.1 Å². The van der Waals surface area contributed by atoms with Gasteiger partial charge in [-0.15, -0.1) is 0 Å². The Morgan fingerprint density at radius 2 is 1.26 bits per heavy atom. The molecule has 0 amide bonds. The zero-order valence-electron chi connectivity index (χ0n) is 22.1.